The summed E-state index contributed by atoms with van der Waals surface area (Å²) in [4.78, 5) is 33.2. The number of carbonyl (C=O) groups excluding carboxylic acids is 2. The van der Waals surface area contributed by atoms with Crippen LogP contribution in [0.25, 0.3) is 0 Å². The average molecular weight is 278 g/mol. The molecule has 0 bridgehead atoms. The van der Waals surface area contributed by atoms with E-state index < -0.39 is 17.4 Å². The van der Waals surface area contributed by atoms with Crippen LogP contribution in [0.1, 0.15) is 19.3 Å². The summed E-state index contributed by atoms with van der Waals surface area (Å²) in [6.07, 6.45) is 2.59. The van der Waals surface area contributed by atoms with E-state index in [0.29, 0.717) is 0 Å². The predicted octanol–water partition coefficient (Wildman–Crippen LogP) is 1.88. The van der Waals surface area contributed by atoms with Crippen molar-refractivity contribution in [3.05, 3.63) is 34.4 Å². The molecule has 0 aromatic heterocycles. The van der Waals surface area contributed by atoms with Gasteiger partial charge in [0.05, 0.1) is 10.8 Å². The summed E-state index contributed by atoms with van der Waals surface area (Å²) in [6.45, 7) is -0.429. The molecule has 0 unspecified atom stereocenters. The maximum Gasteiger partial charge on any atom is 0.309 e. The lowest BCUT2D eigenvalue weighted by molar-refractivity contribution is -0.383. The molecular weight excluding hydrogens is 264 g/mol. The molecule has 7 heteroatoms. The van der Waals surface area contributed by atoms with E-state index >= 15 is 0 Å². The van der Waals surface area contributed by atoms with Gasteiger partial charge in [0.1, 0.15) is 5.69 Å². The number of para-hydroxylation sites is 2. The molecule has 1 amide bonds. The Morgan fingerprint density at radius 3 is 2.65 bits per heavy atom. The molecule has 0 saturated heterocycles. The Kier molecular flexibility index (Phi) is 4.29. The number of benzene rings is 1. The topological polar surface area (TPSA) is 98.5 Å². The zero-order chi connectivity index (χ0) is 14.5. The Hall–Kier alpha value is -2.44. The molecule has 1 saturated carbocycles. The second-order valence-electron chi connectivity index (χ2n) is 4.56. The van der Waals surface area contributed by atoms with Crippen LogP contribution in [0.4, 0.5) is 11.4 Å². The van der Waals surface area contributed by atoms with Crippen LogP contribution in [0.15, 0.2) is 24.3 Å². The fourth-order valence-corrected chi connectivity index (χ4v) is 1.82. The molecule has 0 spiro atoms. The molecule has 7 nitrogen and oxygen atoms in total. The molecule has 1 aliphatic rings. The lowest BCUT2D eigenvalue weighted by Gasteiger charge is -2.22. The maximum atomic E-state index is 11.6. The van der Waals surface area contributed by atoms with Crippen LogP contribution < -0.4 is 5.32 Å². The lowest BCUT2D eigenvalue weighted by Crippen LogP contribution is -2.28. The van der Waals surface area contributed by atoms with Crippen LogP contribution in [-0.4, -0.2) is 23.4 Å². The van der Waals surface area contributed by atoms with E-state index in [1.54, 1.807) is 6.07 Å². The highest BCUT2D eigenvalue weighted by molar-refractivity contribution is 5.94. The van der Waals surface area contributed by atoms with Gasteiger partial charge in [-0.2, -0.15) is 0 Å². The first kappa shape index (κ1) is 14.0. The monoisotopic (exact) mass is 278 g/mol. The van der Waals surface area contributed by atoms with Crippen LogP contribution in [0.5, 0.6) is 0 Å². The number of nitrogens with zero attached hydrogens (tertiary/aromatic N) is 1. The number of carbonyl (C=O) groups is 2. The van der Waals surface area contributed by atoms with Gasteiger partial charge in [0.15, 0.2) is 6.61 Å². The Labute approximate surface area is 115 Å². The molecule has 2 rings (SSSR count). The summed E-state index contributed by atoms with van der Waals surface area (Å²) in [5.74, 6) is -1.07. The normalized spacial score (nSPS) is 14.2. The number of nitro benzene ring substituents is 1. The SMILES string of the molecule is O=C(COC(=O)C1CCC1)Nc1ccccc1[N+](=O)[O-]. The molecule has 1 aliphatic carbocycles. The molecule has 0 atom stereocenters. The summed E-state index contributed by atoms with van der Waals surface area (Å²) in [6, 6.07) is 5.78. The third-order valence-corrected chi connectivity index (χ3v) is 3.16. The lowest BCUT2D eigenvalue weighted by atomic mass is 9.86. The number of nitro groups is 1. The average Bonchev–Trinajstić information content (AvgIpc) is 2.34. The molecule has 1 aromatic carbocycles. The maximum absolute atomic E-state index is 11.6. The van der Waals surface area contributed by atoms with Gasteiger partial charge in [0.2, 0.25) is 0 Å². The van der Waals surface area contributed by atoms with Crippen molar-refractivity contribution in [1.82, 2.24) is 0 Å². The standard InChI is InChI=1S/C13H14N2O5/c16-12(8-20-13(17)9-4-3-5-9)14-10-6-1-2-7-11(10)15(18)19/h1-2,6-7,9H,3-5,8H2,(H,14,16). The van der Waals surface area contributed by atoms with Crippen molar-refractivity contribution in [1.29, 1.82) is 0 Å². The van der Waals surface area contributed by atoms with Crippen molar-refractivity contribution >= 4 is 23.3 Å². The smallest absolute Gasteiger partial charge is 0.309 e. The van der Waals surface area contributed by atoms with Crippen LogP contribution in [-0.2, 0) is 14.3 Å². The molecule has 106 valence electrons. The van der Waals surface area contributed by atoms with Crippen molar-refractivity contribution in [3.63, 3.8) is 0 Å². The van der Waals surface area contributed by atoms with E-state index in [2.05, 4.69) is 5.32 Å². The zero-order valence-electron chi connectivity index (χ0n) is 10.7. The van der Waals surface area contributed by atoms with Crippen LogP contribution >= 0.6 is 0 Å². The van der Waals surface area contributed by atoms with Gasteiger partial charge in [0, 0.05) is 6.07 Å². The van der Waals surface area contributed by atoms with Gasteiger partial charge >= 0.3 is 5.97 Å². The fraction of sp³-hybridized carbons (Fsp3) is 0.385. The minimum absolute atomic E-state index is 0.0854. The van der Waals surface area contributed by atoms with E-state index in [1.165, 1.54) is 18.2 Å². The number of ether oxygens (including phenoxy) is 1. The van der Waals surface area contributed by atoms with Gasteiger partial charge in [0.25, 0.3) is 11.6 Å². The van der Waals surface area contributed by atoms with Gasteiger partial charge in [-0.25, -0.2) is 0 Å². The summed E-state index contributed by atoms with van der Waals surface area (Å²) in [7, 11) is 0. The highest BCUT2D eigenvalue weighted by atomic mass is 16.6. The highest BCUT2D eigenvalue weighted by Gasteiger charge is 2.27. The highest BCUT2D eigenvalue weighted by Crippen LogP contribution is 2.27. The molecule has 20 heavy (non-hydrogen) atoms. The molecule has 0 heterocycles. The molecule has 1 fully saturated rings. The first-order chi connectivity index (χ1) is 9.58. The van der Waals surface area contributed by atoms with E-state index in [0.717, 1.165) is 19.3 Å². The number of esters is 1. The zero-order valence-corrected chi connectivity index (χ0v) is 10.7. The number of anilines is 1. The Balaban J connectivity index is 1.88. The minimum atomic E-state index is -0.591. The van der Waals surface area contributed by atoms with Gasteiger partial charge in [-0.3, -0.25) is 19.7 Å². The van der Waals surface area contributed by atoms with E-state index in [1.807, 2.05) is 0 Å². The summed E-state index contributed by atoms with van der Waals surface area (Å²) in [5, 5.41) is 13.1. The minimum Gasteiger partial charge on any atom is -0.455 e. The molecule has 0 radical (unpaired) electrons. The fourth-order valence-electron chi connectivity index (χ4n) is 1.82. The summed E-state index contributed by atoms with van der Waals surface area (Å²) in [5.41, 5.74) is -0.117. The van der Waals surface area contributed by atoms with Gasteiger partial charge in [-0.1, -0.05) is 18.6 Å². The van der Waals surface area contributed by atoms with Crippen molar-refractivity contribution < 1.29 is 19.2 Å². The summed E-state index contributed by atoms with van der Waals surface area (Å²) >= 11 is 0. The van der Waals surface area contributed by atoms with Crippen LogP contribution in [0.2, 0.25) is 0 Å². The number of nitrogens with one attached hydrogen (secondary N) is 1. The summed E-state index contributed by atoms with van der Waals surface area (Å²) < 4.78 is 4.86. The second kappa shape index (κ2) is 6.14. The van der Waals surface area contributed by atoms with Crippen LogP contribution in [0, 0.1) is 16.0 Å². The second-order valence-corrected chi connectivity index (χ2v) is 4.56. The first-order valence-corrected chi connectivity index (χ1v) is 6.28. The van der Waals surface area contributed by atoms with Crippen molar-refractivity contribution in [2.45, 2.75) is 19.3 Å². The van der Waals surface area contributed by atoms with Crippen molar-refractivity contribution in [3.8, 4) is 0 Å². The molecule has 1 aromatic rings. The Bertz CT molecular complexity index is 539. The largest absolute Gasteiger partial charge is 0.455 e. The van der Waals surface area contributed by atoms with E-state index in [4.69, 9.17) is 4.74 Å². The third-order valence-electron chi connectivity index (χ3n) is 3.16. The van der Waals surface area contributed by atoms with Crippen molar-refractivity contribution in [2.24, 2.45) is 5.92 Å². The van der Waals surface area contributed by atoms with Gasteiger partial charge in [-0.05, 0) is 18.9 Å². The van der Waals surface area contributed by atoms with Gasteiger partial charge in [-0.15, -0.1) is 0 Å². The number of amides is 1. The molecule has 1 N–H and O–H groups in total. The number of hydrogen-bond acceptors (Lipinski definition) is 5. The first-order valence-electron chi connectivity index (χ1n) is 6.28. The van der Waals surface area contributed by atoms with Crippen LogP contribution in [0.3, 0.4) is 0 Å². The van der Waals surface area contributed by atoms with Crippen molar-refractivity contribution in [2.75, 3.05) is 11.9 Å². The molecule has 0 aliphatic heterocycles. The number of hydrogen-bond donors (Lipinski definition) is 1. The Morgan fingerprint density at radius 2 is 2.05 bits per heavy atom. The van der Waals surface area contributed by atoms with E-state index in [9.17, 15) is 19.7 Å². The predicted molar refractivity (Wildman–Crippen MR) is 70.0 cm³/mol. The van der Waals surface area contributed by atoms with Gasteiger partial charge < -0.3 is 10.1 Å². The number of rotatable bonds is 5. The quantitative estimate of drug-likeness (QED) is 0.503. The van der Waals surface area contributed by atoms with E-state index in [-0.39, 0.29) is 23.3 Å². The molecular formula is C13H14N2O5. The third kappa shape index (κ3) is 3.31. The Morgan fingerprint density at radius 1 is 1.35 bits per heavy atom.